The summed E-state index contributed by atoms with van der Waals surface area (Å²) in [5.74, 6) is 0.174. The van der Waals surface area contributed by atoms with E-state index in [-0.39, 0.29) is 11.2 Å². The third kappa shape index (κ3) is 3.77. The lowest BCUT2D eigenvalue weighted by Gasteiger charge is -2.16. The molecule has 1 aromatic rings. The van der Waals surface area contributed by atoms with Gasteiger partial charge in [0.05, 0.1) is 5.25 Å². The summed E-state index contributed by atoms with van der Waals surface area (Å²) >= 11 is 1.63. The van der Waals surface area contributed by atoms with Crippen LogP contribution in [0.3, 0.4) is 0 Å². The molecule has 0 aliphatic heterocycles. The van der Waals surface area contributed by atoms with Gasteiger partial charge in [-0.2, -0.15) is 0 Å². The quantitative estimate of drug-likeness (QED) is 0.842. The first-order chi connectivity index (χ1) is 8.65. The molecule has 0 bridgehead atoms. The Morgan fingerprint density at radius 2 is 1.89 bits per heavy atom. The molecule has 0 saturated heterocycles. The van der Waals surface area contributed by atoms with E-state index in [1.165, 1.54) is 18.4 Å². The average Bonchev–Trinajstić information content (AvgIpc) is 2.85. The second kappa shape index (κ2) is 6.28. The molecule has 0 heterocycles. The second-order valence-electron chi connectivity index (χ2n) is 5.06. The molecular formula is C15H21NOS. The maximum Gasteiger partial charge on any atom is 0.233 e. The van der Waals surface area contributed by atoms with Gasteiger partial charge in [0.2, 0.25) is 5.91 Å². The molecule has 1 fully saturated rings. The Balaban J connectivity index is 1.84. The van der Waals surface area contributed by atoms with Crippen molar-refractivity contribution in [3.05, 3.63) is 29.8 Å². The van der Waals surface area contributed by atoms with Crippen LogP contribution < -0.4 is 5.32 Å². The Kier molecular flexibility index (Phi) is 4.70. The molecule has 2 nitrogen and oxygen atoms in total. The zero-order valence-electron chi connectivity index (χ0n) is 11.1. The monoisotopic (exact) mass is 263 g/mol. The first kappa shape index (κ1) is 13.5. The summed E-state index contributed by atoms with van der Waals surface area (Å²) in [6.07, 6.45) is 4.80. The normalized spacial score (nSPS) is 17.7. The van der Waals surface area contributed by atoms with Crippen LogP contribution in [0.5, 0.6) is 0 Å². The fourth-order valence-corrected chi connectivity index (χ4v) is 3.14. The summed E-state index contributed by atoms with van der Waals surface area (Å²) in [5.41, 5.74) is 1.25. The van der Waals surface area contributed by atoms with Crippen molar-refractivity contribution < 1.29 is 4.79 Å². The van der Waals surface area contributed by atoms with Crippen LogP contribution in [0.15, 0.2) is 29.2 Å². The SMILES string of the molecule is Cc1ccc(S[C@@H](C)C(=O)NC2CCCC2)cc1. The van der Waals surface area contributed by atoms with Gasteiger partial charge in [-0.3, -0.25) is 4.79 Å². The van der Waals surface area contributed by atoms with Gasteiger partial charge in [0.15, 0.2) is 0 Å². The molecule has 0 aromatic heterocycles. The maximum absolute atomic E-state index is 12.0. The highest BCUT2D eigenvalue weighted by Gasteiger charge is 2.21. The maximum atomic E-state index is 12.0. The third-order valence-electron chi connectivity index (χ3n) is 3.40. The number of hydrogen-bond acceptors (Lipinski definition) is 2. The first-order valence-electron chi connectivity index (χ1n) is 6.69. The van der Waals surface area contributed by atoms with Gasteiger partial charge >= 0.3 is 0 Å². The molecule has 1 aromatic carbocycles. The Hall–Kier alpha value is -0.960. The number of nitrogens with one attached hydrogen (secondary N) is 1. The molecule has 0 spiro atoms. The summed E-state index contributed by atoms with van der Waals surface area (Å²) in [6.45, 7) is 4.06. The van der Waals surface area contributed by atoms with Gasteiger partial charge in [-0.15, -0.1) is 11.8 Å². The molecule has 3 heteroatoms. The molecular weight excluding hydrogens is 242 g/mol. The largest absolute Gasteiger partial charge is 0.352 e. The van der Waals surface area contributed by atoms with Crippen molar-refractivity contribution in [2.24, 2.45) is 0 Å². The Labute approximate surface area is 114 Å². The van der Waals surface area contributed by atoms with Crippen LogP contribution in [0.4, 0.5) is 0 Å². The summed E-state index contributed by atoms with van der Waals surface area (Å²) in [4.78, 5) is 13.2. The van der Waals surface area contributed by atoms with Gasteiger partial charge in [0, 0.05) is 10.9 Å². The number of carbonyl (C=O) groups excluding carboxylic acids is 1. The van der Waals surface area contributed by atoms with Crippen molar-refractivity contribution >= 4 is 17.7 Å². The molecule has 18 heavy (non-hydrogen) atoms. The summed E-state index contributed by atoms with van der Waals surface area (Å²) in [5, 5.41) is 3.13. The summed E-state index contributed by atoms with van der Waals surface area (Å²) in [7, 11) is 0. The molecule has 1 atom stereocenters. The van der Waals surface area contributed by atoms with Gasteiger partial charge in [-0.25, -0.2) is 0 Å². The van der Waals surface area contributed by atoms with Crippen LogP contribution in [0.1, 0.15) is 38.2 Å². The number of benzene rings is 1. The predicted molar refractivity (Wildman–Crippen MR) is 76.9 cm³/mol. The lowest BCUT2D eigenvalue weighted by molar-refractivity contribution is -0.120. The standard InChI is InChI=1S/C15H21NOS/c1-11-7-9-14(10-8-11)18-12(2)15(17)16-13-5-3-4-6-13/h7-10,12-13H,3-6H2,1-2H3,(H,16,17)/t12-/m0/s1. The van der Waals surface area contributed by atoms with Crippen molar-refractivity contribution in [3.63, 3.8) is 0 Å². The fourth-order valence-electron chi connectivity index (χ4n) is 2.26. The van der Waals surface area contributed by atoms with Crippen LogP contribution in [0.25, 0.3) is 0 Å². The number of amides is 1. The Morgan fingerprint density at radius 1 is 1.28 bits per heavy atom. The topological polar surface area (TPSA) is 29.1 Å². The van der Waals surface area contributed by atoms with E-state index in [9.17, 15) is 4.79 Å². The lowest BCUT2D eigenvalue weighted by Crippen LogP contribution is -2.37. The zero-order valence-corrected chi connectivity index (χ0v) is 11.9. The minimum Gasteiger partial charge on any atom is -0.352 e. The van der Waals surface area contributed by atoms with Gasteiger partial charge in [0.1, 0.15) is 0 Å². The highest BCUT2D eigenvalue weighted by atomic mass is 32.2. The second-order valence-corrected chi connectivity index (χ2v) is 6.48. The van der Waals surface area contributed by atoms with Gasteiger partial charge < -0.3 is 5.32 Å². The van der Waals surface area contributed by atoms with E-state index in [0.29, 0.717) is 6.04 Å². The van der Waals surface area contributed by atoms with Crippen molar-refractivity contribution in [2.45, 2.75) is 55.7 Å². The smallest absolute Gasteiger partial charge is 0.233 e. The fraction of sp³-hybridized carbons (Fsp3) is 0.533. The summed E-state index contributed by atoms with van der Waals surface area (Å²) in [6, 6.07) is 8.76. The van der Waals surface area contributed by atoms with Crippen molar-refractivity contribution in [1.82, 2.24) is 5.32 Å². The third-order valence-corrected chi connectivity index (χ3v) is 4.52. The van der Waals surface area contributed by atoms with Crippen LogP contribution >= 0.6 is 11.8 Å². The van der Waals surface area contributed by atoms with Crippen molar-refractivity contribution in [1.29, 1.82) is 0 Å². The number of thioether (sulfide) groups is 1. The van der Waals surface area contributed by atoms with E-state index >= 15 is 0 Å². The van der Waals surface area contributed by atoms with E-state index in [1.807, 2.05) is 6.92 Å². The number of aryl methyl sites for hydroxylation is 1. The Bertz CT molecular complexity index is 395. The number of carbonyl (C=O) groups is 1. The van der Waals surface area contributed by atoms with Crippen LogP contribution in [0, 0.1) is 6.92 Å². The van der Waals surface area contributed by atoms with Gasteiger partial charge in [-0.05, 0) is 38.8 Å². The summed E-state index contributed by atoms with van der Waals surface area (Å²) < 4.78 is 0. The van der Waals surface area contributed by atoms with Gasteiger partial charge in [-0.1, -0.05) is 30.5 Å². The first-order valence-corrected chi connectivity index (χ1v) is 7.57. The highest BCUT2D eigenvalue weighted by Crippen LogP contribution is 2.24. The van der Waals surface area contributed by atoms with E-state index in [0.717, 1.165) is 17.7 Å². The molecule has 1 aliphatic rings. The van der Waals surface area contributed by atoms with Gasteiger partial charge in [0.25, 0.3) is 0 Å². The van der Waals surface area contributed by atoms with E-state index in [1.54, 1.807) is 11.8 Å². The number of hydrogen-bond donors (Lipinski definition) is 1. The molecule has 1 amide bonds. The zero-order chi connectivity index (χ0) is 13.0. The molecule has 98 valence electrons. The molecule has 1 aliphatic carbocycles. The number of rotatable bonds is 4. The van der Waals surface area contributed by atoms with Crippen LogP contribution in [0.2, 0.25) is 0 Å². The van der Waals surface area contributed by atoms with Crippen LogP contribution in [-0.2, 0) is 4.79 Å². The predicted octanol–water partition coefficient (Wildman–Crippen LogP) is 3.53. The van der Waals surface area contributed by atoms with E-state index < -0.39 is 0 Å². The highest BCUT2D eigenvalue weighted by molar-refractivity contribution is 8.00. The van der Waals surface area contributed by atoms with Crippen molar-refractivity contribution in [2.75, 3.05) is 0 Å². The lowest BCUT2D eigenvalue weighted by atomic mass is 10.2. The molecule has 0 unspecified atom stereocenters. The van der Waals surface area contributed by atoms with Crippen molar-refractivity contribution in [3.8, 4) is 0 Å². The molecule has 0 radical (unpaired) electrons. The molecule has 1 N–H and O–H groups in total. The Morgan fingerprint density at radius 3 is 2.50 bits per heavy atom. The minimum absolute atomic E-state index is 0.0201. The molecule has 2 rings (SSSR count). The molecule has 1 saturated carbocycles. The van der Waals surface area contributed by atoms with E-state index in [2.05, 4.69) is 36.5 Å². The average molecular weight is 263 g/mol. The van der Waals surface area contributed by atoms with E-state index in [4.69, 9.17) is 0 Å². The van der Waals surface area contributed by atoms with Crippen LogP contribution in [-0.4, -0.2) is 17.2 Å². The minimum atomic E-state index is -0.0201.